The molecule has 8 nitrogen and oxygen atoms in total. The molecule has 1 saturated heterocycles. The van der Waals surface area contributed by atoms with E-state index in [1.165, 1.54) is 11.5 Å². The van der Waals surface area contributed by atoms with Crippen molar-refractivity contribution in [1.82, 2.24) is 24.0 Å². The molecule has 1 amide bonds. The lowest BCUT2D eigenvalue weighted by Gasteiger charge is -2.26. The van der Waals surface area contributed by atoms with Gasteiger partial charge in [-0.2, -0.15) is 14.5 Å². The Morgan fingerprint density at radius 3 is 2.85 bits per heavy atom. The van der Waals surface area contributed by atoms with Gasteiger partial charge in [-0.1, -0.05) is 30.3 Å². The first-order chi connectivity index (χ1) is 12.8. The highest BCUT2D eigenvalue weighted by molar-refractivity contribution is 7.09. The Hall–Kier alpha value is -2.78. The number of carbonyl (C=O) groups excluding carboxylic acids is 1. The molecule has 1 aromatic carbocycles. The Morgan fingerprint density at radius 1 is 1.23 bits per heavy atom. The number of aromatic nitrogens is 4. The summed E-state index contributed by atoms with van der Waals surface area (Å²) in [5.41, 5.74) is 1.75. The zero-order valence-electron chi connectivity index (χ0n) is 14.0. The van der Waals surface area contributed by atoms with Crippen LogP contribution in [0.5, 0.6) is 0 Å². The van der Waals surface area contributed by atoms with Crippen LogP contribution in [0.15, 0.2) is 42.7 Å². The molecule has 134 valence electrons. The van der Waals surface area contributed by atoms with Gasteiger partial charge in [0, 0.05) is 36.4 Å². The molecule has 0 spiro atoms. The van der Waals surface area contributed by atoms with Crippen molar-refractivity contribution in [2.24, 2.45) is 0 Å². The first-order valence-electron chi connectivity index (χ1n) is 8.32. The van der Waals surface area contributed by atoms with Crippen LogP contribution in [0.25, 0.3) is 11.4 Å². The third-order valence-corrected chi connectivity index (χ3v) is 4.63. The summed E-state index contributed by atoms with van der Waals surface area (Å²) in [7, 11) is 0. The van der Waals surface area contributed by atoms with Crippen LogP contribution in [0.3, 0.4) is 0 Å². The van der Waals surface area contributed by atoms with Crippen LogP contribution in [-0.4, -0.2) is 56.2 Å². The smallest absolute Gasteiger partial charge is 0.244 e. The minimum absolute atomic E-state index is 0.0465. The normalized spacial score (nSPS) is 14.4. The maximum atomic E-state index is 12.3. The maximum absolute atomic E-state index is 12.3. The second-order valence-corrected chi connectivity index (χ2v) is 6.59. The zero-order chi connectivity index (χ0) is 17.8. The summed E-state index contributed by atoms with van der Waals surface area (Å²) < 4.78 is 11.3. The number of hydrogen-bond donors (Lipinski definition) is 1. The Kier molecular flexibility index (Phi) is 4.89. The maximum Gasteiger partial charge on any atom is 0.244 e. The Bertz CT molecular complexity index is 872. The number of morpholine rings is 1. The molecule has 1 N–H and O–H groups in total. The lowest BCUT2D eigenvalue weighted by Crippen LogP contribution is -2.42. The fraction of sp³-hybridized carbons (Fsp3) is 0.294. The van der Waals surface area contributed by atoms with Gasteiger partial charge in [0.2, 0.25) is 11.0 Å². The van der Waals surface area contributed by atoms with Crippen LogP contribution in [0.4, 0.5) is 10.8 Å². The molecule has 0 atom stereocenters. The SMILES string of the molecule is O=C(Cn1cc(Nc2nc(-c3ccccc3)ns2)cn1)N1CCOCC1. The monoisotopic (exact) mass is 370 g/mol. The molecular formula is C17H18N6O2S. The van der Waals surface area contributed by atoms with E-state index >= 15 is 0 Å². The highest BCUT2D eigenvalue weighted by Gasteiger charge is 2.17. The van der Waals surface area contributed by atoms with Gasteiger partial charge in [-0.3, -0.25) is 9.48 Å². The third kappa shape index (κ3) is 3.89. The molecule has 3 heterocycles. The molecular weight excluding hydrogens is 352 g/mol. The van der Waals surface area contributed by atoms with E-state index in [0.717, 1.165) is 11.3 Å². The van der Waals surface area contributed by atoms with Crippen LogP contribution in [0.1, 0.15) is 0 Å². The fourth-order valence-corrected chi connectivity index (χ4v) is 3.28. The molecule has 0 bridgehead atoms. The van der Waals surface area contributed by atoms with Gasteiger partial charge < -0.3 is 15.0 Å². The van der Waals surface area contributed by atoms with Crippen molar-refractivity contribution in [3.05, 3.63) is 42.7 Å². The molecule has 2 aromatic heterocycles. The summed E-state index contributed by atoms with van der Waals surface area (Å²) in [6, 6.07) is 9.82. The number of rotatable bonds is 5. The van der Waals surface area contributed by atoms with E-state index in [0.29, 0.717) is 37.3 Å². The lowest BCUT2D eigenvalue weighted by atomic mass is 10.2. The van der Waals surface area contributed by atoms with Crippen LogP contribution in [-0.2, 0) is 16.1 Å². The molecule has 1 aliphatic rings. The standard InChI is InChI=1S/C17H18N6O2S/c24-15(22-6-8-25-9-7-22)12-23-11-14(10-18-23)19-17-20-16(21-26-17)13-4-2-1-3-5-13/h1-5,10-11H,6-9,12H2,(H,19,20,21). The second kappa shape index (κ2) is 7.63. The quantitative estimate of drug-likeness (QED) is 0.739. The van der Waals surface area contributed by atoms with Crippen molar-refractivity contribution in [3.8, 4) is 11.4 Å². The van der Waals surface area contributed by atoms with Gasteiger partial charge in [-0.05, 0) is 0 Å². The molecule has 1 fully saturated rings. The van der Waals surface area contributed by atoms with E-state index in [1.54, 1.807) is 22.0 Å². The molecule has 0 saturated carbocycles. The van der Waals surface area contributed by atoms with Crippen LogP contribution in [0, 0.1) is 0 Å². The number of ether oxygens (including phenoxy) is 1. The van der Waals surface area contributed by atoms with Gasteiger partial charge in [0.1, 0.15) is 6.54 Å². The number of amides is 1. The Labute approximate surface area is 154 Å². The van der Waals surface area contributed by atoms with Crippen molar-refractivity contribution >= 4 is 28.3 Å². The Balaban J connectivity index is 1.38. The molecule has 3 aromatic rings. The number of nitrogens with one attached hydrogen (secondary N) is 1. The molecule has 0 radical (unpaired) electrons. The van der Waals surface area contributed by atoms with Gasteiger partial charge in [0.25, 0.3) is 0 Å². The second-order valence-electron chi connectivity index (χ2n) is 5.83. The summed E-state index contributed by atoms with van der Waals surface area (Å²) in [4.78, 5) is 18.6. The number of benzene rings is 1. The summed E-state index contributed by atoms with van der Waals surface area (Å²) in [5.74, 6) is 0.734. The van der Waals surface area contributed by atoms with Crippen molar-refractivity contribution < 1.29 is 9.53 Å². The van der Waals surface area contributed by atoms with Gasteiger partial charge >= 0.3 is 0 Å². The molecule has 0 unspecified atom stereocenters. The summed E-state index contributed by atoms with van der Waals surface area (Å²) >= 11 is 1.29. The van der Waals surface area contributed by atoms with Gasteiger partial charge in [-0.15, -0.1) is 0 Å². The fourth-order valence-electron chi connectivity index (χ4n) is 2.67. The number of nitrogens with zero attached hydrogens (tertiary/aromatic N) is 5. The largest absolute Gasteiger partial charge is 0.378 e. The average molecular weight is 370 g/mol. The average Bonchev–Trinajstić information content (AvgIpc) is 3.33. The van der Waals surface area contributed by atoms with Gasteiger partial charge in [-0.25, -0.2) is 0 Å². The first-order valence-corrected chi connectivity index (χ1v) is 9.09. The van der Waals surface area contributed by atoms with E-state index in [9.17, 15) is 4.79 Å². The summed E-state index contributed by atoms with van der Waals surface area (Å²) in [6.45, 7) is 2.68. The van der Waals surface area contributed by atoms with Crippen LogP contribution >= 0.6 is 11.5 Å². The van der Waals surface area contributed by atoms with Crippen molar-refractivity contribution in [2.45, 2.75) is 6.54 Å². The van der Waals surface area contributed by atoms with Gasteiger partial charge in [0.15, 0.2) is 5.82 Å². The van der Waals surface area contributed by atoms with Crippen molar-refractivity contribution in [1.29, 1.82) is 0 Å². The van der Waals surface area contributed by atoms with E-state index in [1.807, 2.05) is 30.3 Å². The summed E-state index contributed by atoms with van der Waals surface area (Å²) in [5, 5.41) is 8.11. The number of carbonyl (C=O) groups is 1. The van der Waals surface area contributed by atoms with Crippen molar-refractivity contribution in [3.63, 3.8) is 0 Å². The molecule has 4 rings (SSSR count). The van der Waals surface area contributed by atoms with Crippen LogP contribution in [0.2, 0.25) is 0 Å². The van der Waals surface area contributed by atoms with E-state index in [4.69, 9.17) is 4.74 Å². The summed E-state index contributed by atoms with van der Waals surface area (Å²) in [6.07, 6.45) is 3.47. The number of hydrogen-bond acceptors (Lipinski definition) is 7. The minimum Gasteiger partial charge on any atom is -0.378 e. The predicted molar refractivity (Wildman–Crippen MR) is 98.3 cm³/mol. The Morgan fingerprint density at radius 2 is 2.04 bits per heavy atom. The van der Waals surface area contributed by atoms with E-state index < -0.39 is 0 Å². The van der Waals surface area contributed by atoms with E-state index in [2.05, 4.69) is 19.8 Å². The first kappa shape index (κ1) is 16.7. The molecule has 9 heteroatoms. The molecule has 0 aliphatic carbocycles. The molecule has 26 heavy (non-hydrogen) atoms. The third-order valence-electron chi connectivity index (χ3n) is 4.00. The highest BCUT2D eigenvalue weighted by atomic mass is 32.1. The zero-order valence-corrected chi connectivity index (χ0v) is 14.9. The van der Waals surface area contributed by atoms with Gasteiger partial charge in [0.05, 0.1) is 25.1 Å². The topological polar surface area (TPSA) is 85.2 Å². The molecule has 1 aliphatic heterocycles. The number of anilines is 2. The van der Waals surface area contributed by atoms with Crippen molar-refractivity contribution in [2.75, 3.05) is 31.6 Å². The predicted octanol–water partition coefficient (Wildman–Crippen LogP) is 2.00. The van der Waals surface area contributed by atoms with E-state index in [-0.39, 0.29) is 12.5 Å². The lowest BCUT2D eigenvalue weighted by molar-refractivity contribution is -0.136. The highest BCUT2D eigenvalue weighted by Crippen LogP contribution is 2.23. The minimum atomic E-state index is 0.0465. The van der Waals surface area contributed by atoms with Crippen LogP contribution < -0.4 is 5.32 Å².